The zero-order valence-electron chi connectivity index (χ0n) is 13.7. The van der Waals surface area contributed by atoms with E-state index in [1.807, 2.05) is 55.4 Å². The Bertz CT molecular complexity index is 809. The minimum Gasteiger partial charge on any atom is -0.378 e. The van der Waals surface area contributed by atoms with Gasteiger partial charge in [0.05, 0.1) is 5.69 Å². The fraction of sp³-hybridized carbons (Fsp3) is 0.167. The lowest BCUT2D eigenvalue weighted by atomic mass is 10.2. The maximum absolute atomic E-state index is 12.2. The van der Waals surface area contributed by atoms with Crippen molar-refractivity contribution in [2.24, 2.45) is 0 Å². The number of hydrogen-bond acceptors (Lipinski definition) is 4. The molecule has 0 bridgehead atoms. The summed E-state index contributed by atoms with van der Waals surface area (Å²) in [5.41, 5.74) is 4.16. The van der Waals surface area contributed by atoms with Crippen LogP contribution in [0.15, 0.2) is 54.9 Å². The Balaban J connectivity index is 1.62. The second-order valence-corrected chi connectivity index (χ2v) is 5.65. The van der Waals surface area contributed by atoms with Crippen LogP contribution >= 0.6 is 0 Å². The van der Waals surface area contributed by atoms with E-state index >= 15 is 0 Å². The third kappa shape index (κ3) is 3.60. The van der Waals surface area contributed by atoms with Gasteiger partial charge in [0, 0.05) is 44.3 Å². The summed E-state index contributed by atoms with van der Waals surface area (Å²) in [6.07, 6.45) is 3.41. The summed E-state index contributed by atoms with van der Waals surface area (Å²) < 4.78 is 0. The van der Waals surface area contributed by atoms with E-state index in [4.69, 9.17) is 0 Å². The number of aromatic amines is 1. The van der Waals surface area contributed by atoms with E-state index in [1.165, 1.54) is 0 Å². The van der Waals surface area contributed by atoms with E-state index < -0.39 is 0 Å². The van der Waals surface area contributed by atoms with Gasteiger partial charge in [-0.2, -0.15) is 5.10 Å². The van der Waals surface area contributed by atoms with Gasteiger partial charge in [-0.3, -0.25) is 14.9 Å². The fourth-order valence-corrected chi connectivity index (χ4v) is 2.29. The molecule has 0 unspecified atom stereocenters. The predicted octanol–water partition coefficient (Wildman–Crippen LogP) is 2.47. The SMILES string of the molecule is CN(C)c1ccc(CNC(=O)c2cc(-c3cccnc3)n[nH]2)cc1. The third-order valence-electron chi connectivity index (χ3n) is 3.69. The number of rotatable bonds is 5. The largest absolute Gasteiger partial charge is 0.378 e. The van der Waals surface area contributed by atoms with Crippen molar-refractivity contribution in [2.75, 3.05) is 19.0 Å². The Hall–Kier alpha value is -3.15. The molecular formula is C18H19N5O. The van der Waals surface area contributed by atoms with Crippen LogP contribution in [0.5, 0.6) is 0 Å². The molecule has 3 rings (SSSR count). The molecule has 0 saturated carbocycles. The van der Waals surface area contributed by atoms with Gasteiger partial charge >= 0.3 is 0 Å². The fourth-order valence-electron chi connectivity index (χ4n) is 2.29. The first-order chi connectivity index (χ1) is 11.6. The summed E-state index contributed by atoms with van der Waals surface area (Å²) in [4.78, 5) is 18.3. The summed E-state index contributed by atoms with van der Waals surface area (Å²) in [5, 5.41) is 9.82. The van der Waals surface area contributed by atoms with Crippen LogP contribution in [0.2, 0.25) is 0 Å². The third-order valence-corrected chi connectivity index (χ3v) is 3.69. The molecule has 6 heteroatoms. The molecule has 0 spiro atoms. The lowest BCUT2D eigenvalue weighted by Gasteiger charge is -2.12. The Kier molecular flexibility index (Phi) is 4.56. The summed E-state index contributed by atoms with van der Waals surface area (Å²) in [5.74, 6) is -0.186. The standard InChI is InChI=1S/C18H19N5O/c1-23(2)15-7-5-13(6-8-15)11-20-18(24)17-10-16(21-22-17)14-4-3-9-19-12-14/h3-10,12H,11H2,1-2H3,(H,20,24)(H,21,22). The lowest BCUT2D eigenvalue weighted by Crippen LogP contribution is -2.23. The van der Waals surface area contributed by atoms with Gasteiger partial charge in [-0.05, 0) is 35.9 Å². The van der Waals surface area contributed by atoms with Crippen molar-refractivity contribution in [3.8, 4) is 11.3 Å². The van der Waals surface area contributed by atoms with Crippen molar-refractivity contribution in [1.29, 1.82) is 0 Å². The molecule has 3 aromatic rings. The van der Waals surface area contributed by atoms with Crippen LogP contribution in [-0.2, 0) is 6.54 Å². The number of amides is 1. The zero-order valence-corrected chi connectivity index (χ0v) is 13.7. The molecule has 2 heterocycles. The molecule has 2 aromatic heterocycles. The molecule has 0 fully saturated rings. The minimum atomic E-state index is -0.186. The molecule has 1 amide bonds. The molecule has 24 heavy (non-hydrogen) atoms. The number of aromatic nitrogens is 3. The van der Waals surface area contributed by atoms with Crippen LogP contribution in [0.3, 0.4) is 0 Å². The average Bonchev–Trinajstić information content (AvgIpc) is 3.11. The number of nitrogens with zero attached hydrogens (tertiary/aromatic N) is 3. The van der Waals surface area contributed by atoms with E-state index in [0.717, 1.165) is 16.8 Å². The molecule has 0 aliphatic rings. The Morgan fingerprint density at radius 1 is 1.21 bits per heavy atom. The second kappa shape index (κ2) is 6.95. The van der Waals surface area contributed by atoms with Gasteiger partial charge in [0.2, 0.25) is 0 Å². The molecule has 1 aromatic carbocycles. The topological polar surface area (TPSA) is 73.9 Å². The van der Waals surface area contributed by atoms with Crippen LogP contribution in [0, 0.1) is 0 Å². The Labute approximate surface area is 140 Å². The number of carbonyl (C=O) groups is 1. The molecule has 6 nitrogen and oxygen atoms in total. The molecule has 0 aliphatic carbocycles. The van der Waals surface area contributed by atoms with Crippen LogP contribution in [0.25, 0.3) is 11.3 Å². The number of pyridine rings is 1. The quantitative estimate of drug-likeness (QED) is 0.757. The van der Waals surface area contributed by atoms with E-state index in [1.54, 1.807) is 18.5 Å². The van der Waals surface area contributed by atoms with Crippen LogP contribution < -0.4 is 10.2 Å². The average molecular weight is 321 g/mol. The van der Waals surface area contributed by atoms with E-state index in [9.17, 15) is 4.79 Å². The first-order valence-electron chi connectivity index (χ1n) is 7.64. The van der Waals surface area contributed by atoms with Crippen LogP contribution in [-0.4, -0.2) is 35.2 Å². The highest BCUT2D eigenvalue weighted by Gasteiger charge is 2.10. The normalized spacial score (nSPS) is 10.4. The lowest BCUT2D eigenvalue weighted by molar-refractivity contribution is 0.0946. The van der Waals surface area contributed by atoms with Gasteiger partial charge in [0.1, 0.15) is 5.69 Å². The van der Waals surface area contributed by atoms with Crippen molar-refractivity contribution in [2.45, 2.75) is 6.54 Å². The van der Waals surface area contributed by atoms with Gasteiger partial charge in [-0.15, -0.1) is 0 Å². The highest BCUT2D eigenvalue weighted by atomic mass is 16.1. The number of benzene rings is 1. The smallest absolute Gasteiger partial charge is 0.269 e. The summed E-state index contributed by atoms with van der Waals surface area (Å²) in [7, 11) is 3.99. The predicted molar refractivity (Wildman–Crippen MR) is 93.8 cm³/mol. The van der Waals surface area contributed by atoms with Gasteiger partial charge in [-0.1, -0.05) is 12.1 Å². The monoisotopic (exact) mass is 321 g/mol. The highest BCUT2D eigenvalue weighted by molar-refractivity contribution is 5.93. The number of nitrogens with one attached hydrogen (secondary N) is 2. The van der Waals surface area contributed by atoms with Gasteiger partial charge in [0.15, 0.2) is 0 Å². The number of anilines is 1. The van der Waals surface area contributed by atoms with E-state index in [0.29, 0.717) is 17.9 Å². The summed E-state index contributed by atoms with van der Waals surface area (Å²) in [6, 6.07) is 13.5. The van der Waals surface area contributed by atoms with E-state index in [-0.39, 0.29) is 5.91 Å². The first-order valence-corrected chi connectivity index (χ1v) is 7.64. The molecular weight excluding hydrogens is 302 g/mol. The molecule has 0 radical (unpaired) electrons. The molecule has 0 saturated heterocycles. The van der Waals surface area contributed by atoms with E-state index in [2.05, 4.69) is 20.5 Å². The Morgan fingerprint density at radius 2 is 2.00 bits per heavy atom. The zero-order chi connectivity index (χ0) is 16.9. The maximum atomic E-state index is 12.2. The summed E-state index contributed by atoms with van der Waals surface area (Å²) >= 11 is 0. The molecule has 0 atom stereocenters. The van der Waals surface area contributed by atoms with Crippen molar-refractivity contribution >= 4 is 11.6 Å². The maximum Gasteiger partial charge on any atom is 0.269 e. The van der Waals surface area contributed by atoms with Crippen molar-refractivity contribution in [1.82, 2.24) is 20.5 Å². The number of hydrogen-bond donors (Lipinski definition) is 2. The Morgan fingerprint density at radius 3 is 2.67 bits per heavy atom. The minimum absolute atomic E-state index is 0.186. The van der Waals surface area contributed by atoms with Gasteiger partial charge < -0.3 is 10.2 Å². The highest BCUT2D eigenvalue weighted by Crippen LogP contribution is 2.16. The first kappa shape index (κ1) is 15.7. The van der Waals surface area contributed by atoms with Crippen LogP contribution in [0.1, 0.15) is 16.1 Å². The van der Waals surface area contributed by atoms with Crippen molar-refractivity contribution in [3.63, 3.8) is 0 Å². The van der Waals surface area contributed by atoms with Crippen molar-refractivity contribution < 1.29 is 4.79 Å². The molecule has 2 N–H and O–H groups in total. The van der Waals surface area contributed by atoms with Crippen molar-refractivity contribution in [3.05, 3.63) is 66.1 Å². The molecule has 122 valence electrons. The number of H-pyrrole nitrogens is 1. The number of carbonyl (C=O) groups excluding carboxylic acids is 1. The van der Waals surface area contributed by atoms with Crippen LogP contribution in [0.4, 0.5) is 5.69 Å². The van der Waals surface area contributed by atoms with Gasteiger partial charge in [0.25, 0.3) is 5.91 Å². The van der Waals surface area contributed by atoms with Gasteiger partial charge in [-0.25, -0.2) is 0 Å². The molecule has 0 aliphatic heterocycles. The summed E-state index contributed by atoms with van der Waals surface area (Å²) in [6.45, 7) is 0.466. The second-order valence-electron chi connectivity index (χ2n) is 5.65.